The second-order valence-corrected chi connectivity index (χ2v) is 5.79. The van der Waals surface area contributed by atoms with Crippen LogP contribution in [0.2, 0.25) is 0 Å². The van der Waals surface area contributed by atoms with Crippen molar-refractivity contribution >= 4 is 28.9 Å². The lowest BCUT2D eigenvalue weighted by atomic mass is 10.1. The third kappa shape index (κ3) is 5.43. The van der Waals surface area contributed by atoms with Crippen molar-refractivity contribution in [1.29, 1.82) is 0 Å². The average molecular weight is 325 g/mol. The fraction of sp³-hybridized carbons (Fsp3) is 0.263. The number of hydrogen-bond donors (Lipinski definition) is 3. The molecule has 0 spiro atoms. The van der Waals surface area contributed by atoms with Crippen molar-refractivity contribution in [2.75, 3.05) is 22.5 Å². The molecular weight excluding hydrogens is 302 g/mol. The molecule has 0 saturated carbocycles. The van der Waals surface area contributed by atoms with Crippen LogP contribution >= 0.6 is 0 Å². The predicted octanol–water partition coefficient (Wildman–Crippen LogP) is 3.70. The van der Waals surface area contributed by atoms with Crippen LogP contribution in [0.4, 0.5) is 17.1 Å². The average Bonchev–Trinajstić information content (AvgIpc) is 2.51. The Hall–Kier alpha value is -2.82. The van der Waals surface area contributed by atoms with Crippen molar-refractivity contribution in [2.45, 2.75) is 27.2 Å². The van der Waals surface area contributed by atoms with E-state index in [1.807, 2.05) is 56.3 Å². The van der Waals surface area contributed by atoms with Crippen LogP contribution in [0.15, 0.2) is 42.5 Å². The molecule has 0 fully saturated rings. The number of carbonyl (C=O) groups is 2. The standard InChI is InChI=1S/C19H23N3O2/c1-13-7-8-18(11-14(13)2)22-19(24)9-10-20-16-5-4-6-17(12-16)21-15(3)23/h4-8,11-12,20H,9-10H2,1-3H3,(H,21,23)(H,22,24). The molecule has 0 heterocycles. The Morgan fingerprint density at radius 3 is 2.29 bits per heavy atom. The normalized spacial score (nSPS) is 10.1. The molecule has 2 aromatic carbocycles. The second kappa shape index (κ2) is 8.15. The van der Waals surface area contributed by atoms with Gasteiger partial charge >= 0.3 is 0 Å². The van der Waals surface area contributed by atoms with Crippen LogP contribution in [0.1, 0.15) is 24.5 Å². The monoisotopic (exact) mass is 325 g/mol. The van der Waals surface area contributed by atoms with Gasteiger partial charge in [-0.25, -0.2) is 0 Å². The first-order chi connectivity index (χ1) is 11.4. The van der Waals surface area contributed by atoms with Gasteiger partial charge in [-0.05, 0) is 55.3 Å². The van der Waals surface area contributed by atoms with Gasteiger partial charge in [-0.1, -0.05) is 12.1 Å². The molecule has 5 heteroatoms. The number of aryl methyl sites for hydroxylation is 2. The van der Waals surface area contributed by atoms with Crippen LogP contribution in [0.5, 0.6) is 0 Å². The molecule has 5 nitrogen and oxygen atoms in total. The smallest absolute Gasteiger partial charge is 0.226 e. The minimum absolute atomic E-state index is 0.0382. The summed E-state index contributed by atoms with van der Waals surface area (Å²) in [5, 5.41) is 8.81. The molecule has 0 bridgehead atoms. The van der Waals surface area contributed by atoms with E-state index < -0.39 is 0 Å². The largest absolute Gasteiger partial charge is 0.384 e. The third-order valence-corrected chi connectivity index (χ3v) is 3.65. The van der Waals surface area contributed by atoms with Crippen molar-refractivity contribution in [2.24, 2.45) is 0 Å². The first kappa shape index (κ1) is 17.5. The highest BCUT2D eigenvalue weighted by Gasteiger charge is 2.04. The van der Waals surface area contributed by atoms with E-state index in [9.17, 15) is 9.59 Å². The molecule has 0 atom stereocenters. The summed E-state index contributed by atoms with van der Waals surface area (Å²) in [6, 6.07) is 13.3. The van der Waals surface area contributed by atoms with Crippen LogP contribution in [0, 0.1) is 13.8 Å². The van der Waals surface area contributed by atoms with E-state index in [1.54, 1.807) is 0 Å². The first-order valence-corrected chi connectivity index (χ1v) is 7.92. The molecule has 3 N–H and O–H groups in total. The van der Waals surface area contributed by atoms with E-state index in [0.717, 1.165) is 22.6 Å². The van der Waals surface area contributed by atoms with Crippen molar-refractivity contribution in [3.63, 3.8) is 0 Å². The van der Waals surface area contributed by atoms with E-state index in [0.29, 0.717) is 13.0 Å². The van der Waals surface area contributed by atoms with Gasteiger partial charge in [0.15, 0.2) is 0 Å². The molecule has 0 saturated heterocycles. The molecular formula is C19H23N3O2. The molecule has 2 rings (SSSR count). The molecule has 0 aliphatic heterocycles. The summed E-state index contributed by atoms with van der Waals surface area (Å²) in [6.07, 6.45) is 0.358. The number of anilines is 3. The molecule has 2 amide bonds. The summed E-state index contributed by atoms with van der Waals surface area (Å²) in [6.45, 7) is 6.05. The SMILES string of the molecule is CC(=O)Nc1cccc(NCCC(=O)Nc2ccc(C)c(C)c2)c1. The quantitative estimate of drug-likeness (QED) is 0.758. The summed E-state index contributed by atoms with van der Waals surface area (Å²) in [4.78, 5) is 23.1. The predicted molar refractivity (Wildman–Crippen MR) is 98.4 cm³/mol. The fourth-order valence-corrected chi connectivity index (χ4v) is 2.27. The molecule has 0 radical (unpaired) electrons. The molecule has 126 valence electrons. The number of carbonyl (C=O) groups excluding carboxylic acids is 2. The number of hydrogen-bond acceptors (Lipinski definition) is 3. The van der Waals surface area contributed by atoms with Crippen molar-refractivity contribution in [3.8, 4) is 0 Å². The zero-order chi connectivity index (χ0) is 17.5. The Bertz CT molecular complexity index is 741. The van der Waals surface area contributed by atoms with Gasteiger partial charge in [-0.15, -0.1) is 0 Å². The van der Waals surface area contributed by atoms with Crippen molar-refractivity contribution in [1.82, 2.24) is 0 Å². The summed E-state index contributed by atoms with van der Waals surface area (Å²) in [7, 11) is 0. The van der Waals surface area contributed by atoms with E-state index in [4.69, 9.17) is 0 Å². The van der Waals surface area contributed by atoms with Crippen LogP contribution < -0.4 is 16.0 Å². The highest BCUT2D eigenvalue weighted by Crippen LogP contribution is 2.16. The molecule has 24 heavy (non-hydrogen) atoms. The van der Waals surface area contributed by atoms with Crippen LogP contribution in [0.25, 0.3) is 0 Å². The van der Waals surface area contributed by atoms with Crippen LogP contribution in [-0.4, -0.2) is 18.4 Å². The van der Waals surface area contributed by atoms with Gasteiger partial charge in [0.1, 0.15) is 0 Å². The highest BCUT2D eigenvalue weighted by molar-refractivity contribution is 5.91. The second-order valence-electron chi connectivity index (χ2n) is 5.79. The first-order valence-electron chi connectivity index (χ1n) is 7.92. The number of benzene rings is 2. The summed E-state index contributed by atoms with van der Waals surface area (Å²) >= 11 is 0. The Balaban J connectivity index is 1.82. The minimum atomic E-state index is -0.111. The number of nitrogens with one attached hydrogen (secondary N) is 3. The van der Waals surface area contributed by atoms with Gasteiger partial charge in [-0.3, -0.25) is 9.59 Å². The topological polar surface area (TPSA) is 70.2 Å². The van der Waals surface area contributed by atoms with E-state index in [2.05, 4.69) is 16.0 Å². The maximum absolute atomic E-state index is 12.0. The van der Waals surface area contributed by atoms with Gasteiger partial charge in [-0.2, -0.15) is 0 Å². The van der Waals surface area contributed by atoms with Gasteiger partial charge in [0.25, 0.3) is 0 Å². The maximum atomic E-state index is 12.0. The molecule has 0 unspecified atom stereocenters. The molecule has 0 aliphatic carbocycles. The van der Waals surface area contributed by atoms with Crippen LogP contribution in [-0.2, 0) is 9.59 Å². The van der Waals surface area contributed by atoms with Gasteiger partial charge in [0.05, 0.1) is 0 Å². The number of amides is 2. The lowest BCUT2D eigenvalue weighted by Crippen LogP contribution is -2.16. The molecule has 2 aromatic rings. The zero-order valence-corrected chi connectivity index (χ0v) is 14.3. The molecule has 0 aliphatic rings. The van der Waals surface area contributed by atoms with Gasteiger partial charge < -0.3 is 16.0 Å². The van der Waals surface area contributed by atoms with Crippen LogP contribution in [0.3, 0.4) is 0 Å². The van der Waals surface area contributed by atoms with E-state index in [1.165, 1.54) is 12.5 Å². The van der Waals surface area contributed by atoms with E-state index >= 15 is 0 Å². The third-order valence-electron chi connectivity index (χ3n) is 3.65. The van der Waals surface area contributed by atoms with Gasteiger partial charge in [0, 0.05) is 37.0 Å². The fourth-order valence-electron chi connectivity index (χ4n) is 2.27. The lowest BCUT2D eigenvalue weighted by molar-refractivity contribution is -0.116. The van der Waals surface area contributed by atoms with Crippen molar-refractivity contribution < 1.29 is 9.59 Å². The van der Waals surface area contributed by atoms with E-state index in [-0.39, 0.29) is 11.8 Å². The Morgan fingerprint density at radius 1 is 0.875 bits per heavy atom. The summed E-state index contributed by atoms with van der Waals surface area (Å²) < 4.78 is 0. The highest BCUT2D eigenvalue weighted by atomic mass is 16.2. The minimum Gasteiger partial charge on any atom is -0.384 e. The Kier molecular flexibility index (Phi) is 5.95. The lowest BCUT2D eigenvalue weighted by Gasteiger charge is -2.10. The summed E-state index contributed by atoms with van der Waals surface area (Å²) in [5.41, 5.74) is 4.76. The summed E-state index contributed by atoms with van der Waals surface area (Å²) in [5.74, 6) is -0.149. The van der Waals surface area contributed by atoms with Gasteiger partial charge in [0.2, 0.25) is 11.8 Å². The van der Waals surface area contributed by atoms with Crippen molar-refractivity contribution in [3.05, 3.63) is 53.6 Å². The molecule has 0 aromatic heterocycles. The Morgan fingerprint density at radius 2 is 1.58 bits per heavy atom. The number of rotatable bonds is 6. The Labute approximate surface area is 142 Å². The zero-order valence-electron chi connectivity index (χ0n) is 14.3. The maximum Gasteiger partial charge on any atom is 0.226 e.